The molecule has 2 rings (SSSR count). The van der Waals surface area contributed by atoms with E-state index in [1.165, 1.54) is 25.7 Å². The zero-order chi connectivity index (χ0) is 12.4. The van der Waals surface area contributed by atoms with Crippen molar-refractivity contribution < 1.29 is 0 Å². The first-order valence-corrected chi connectivity index (χ1v) is 6.59. The molecule has 1 fully saturated rings. The molecule has 94 valence electrons. The Morgan fingerprint density at radius 3 is 2.53 bits per heavy atom. The standard InChI is InChI=1S/C14H23N3/c1-9-3-5-11(6-4-9)10(2)14-13(16)12(15)7-8-17-14/h7-11H,3-6,16H2,1-2H3,(H2,15,17)/t9-,10?,11-. The van der Waals surface area contributed by atoms with E-state index in [1.807, 2.05) is 0 Å². The second-order valence-electron chi connectivity index (χ2n) is 5.51. The second kappa shape index (κ2) is 4.94. The van der Waals surface area contributed by atoms with Crippen LogP contribution in [-0.4, -0.2) is 4.98 Å². The fourth-order valence-corrected chi connectivity index (χ4v) is 2.88. The third kappa shape index (κ3) is 2.54. The maximum absolute atomic E-state index is 6.03. The molecule has 3 nitrogen and oxygen atoms in total. The summed E-state index contributed by atoms with van der Waals surface area (Å²) in [7, 11) is 0. The van der Waals surface area contributed by atoms with Gasteiger partial charge in [-0.05, 0) is 30.7 Å². The Labute approximate surface area is 104 Å². The van der Waals surface area contributed by atoms with Gasteiger partial charge in [-0.2, -0.15) is 0 Å². The molecule has 3 heteroatoms. The van der Waals surface area contributed by atoms with Crippen LogP contribution in [0.5, 0.6) is 0 Å². The van der Waals surface area contributed by atoms with E-state index in [9.17, 15) is 0 Å². The lowest BCUT2D eigenvalue weighted by molar-refractivity contribution is 0.259. The predicted octanol–water partition coefficient (Wildman–Crippen LogP) is 3.18. The van der Waals surface area contributed by atoms with Gasteiger partial charge < -0.3 is 11.5 Å². The molecule has 1 aliphatic rings. The van der Waals surface area contributed by atoms with Crippen molar-refractivity contribution in [3.8, 4) is 0 Å². The average molecular weight is 233 g/mol. The molecule has 1 aromatic rings. The fraction of sp³-hybridized carbons (Fsp3) is 0.643. The molecule has 0 bridgehead atoms. The Balaban J connectivity index is 2.14. The summed E-state index contributed by atoms with van der Waals surface area (Å²) in [6, 6.07) is 1.77. The van der Waals surface area contributed by atoms with E-state index >= 15 is 0 Å². The van der Waals surface area contributed by atoms with E-state index in [0.717, 1.165) is 11.6 Å². The Kier molecular flexibility index (Phi) is 3.55. The molecule has 1 aromatic heterocycles. The average Bonchev–Trinajstić information content (AvgIpc) is 2.33. The Hall–Kier alpha value is -1.25. The van der Waals surface area contributed by atoms with Crippen LogP contribution in [0.25, 0.3) is 0 Å². The molecule has 1 heterocycles. The highest BCUT2D eigenvalue weighted by molar-refractivity contribution is 5.65. The van der Waals surface area contributed by atoms with Gasteiger partial charge in [0.1, 0.15) is 0 Å². The molecule has 17 heavy (non-hydrogen) atoms. The zero-order valence-corrected chi connectivity index (χ0v) is 10.8. The number of hydrogen-bond acceptors (Lipinski definition) is 3. The summed E-state index contributed by atoms with van der Waals surface area (Å²) < 4.78 is 0. The normalized spacial score (nSPS) is 26.7. The van der Waals surface area contributed by atoms with Crippen LogP contribution < -0.4 is 11.5 Å². The van der Waals surface area contributed by atoms with Crippen LogP contribution in [0, 0.1) is 11.8 Å². The Morgan fingerprint density at radius 1 is 1.24 bits per heavy atom. The molecule has 0 amide bonds. The van der Waals surface area contributed by atoms with Gasteiger partial charge in [0.2, 0.25) is 0 Å². The van der Waals surface area contributed by atoms with Gasteiger partial charge in [-0.3, -0.25) is 4.98 Å². The van der Waals surface area contributed by atoms with Gasteiger partial charge in [-0.1, -0.05) is 26.7 Å². The molecule has 0 saturated heterocycles. The number of hydrogen-bond donors (Lipinski definition) is 2. The maximum atomic E-state index is 6.03. The molecular formula is C14H23N3. The lowest BCUT2D eigenvalue weighted by Gasteiger charge is -2.31. The third-order valence-electron chi connectivity index (χ3n) is 4.25. The summed E-state index contributed by atoms with van der Waals surface area (Å²) >= 11 is 0. The van der Waals surface area contributed by atoms with Gasteiger partial charge in [0.05, 0.1) is 17.1 Å². The maximum Gasteiger partial charge on any atom is 0.0769 e. The lowest BCUT2D eigenvalue weighted by Crippen LogP contribution is -2.19. The van der Waals surface area contributed by atoms with Crippen molar-refractivity contribution in [1.82, 2.24) is 4.98 Å². The van der Waals surface area contributed by atoms with Crippen LogP contribution in [0.2, 0.25) is 0 Å². The van der Waals surface area contributed by atoms with Gasteiger partial charge in [-0.15, -0.1) is 0 Å². The largest absolute Gasteiger partial charge is 0.397 e. The molecule has 0 aliphatic heterocycles. The SMILES string of the molecule is CC(c1nccc(N)c1N)[C@H]1CC[C@H](C)CC1. The van der Waals surface area contributed by atoms with Crippen LogP contribution in [0.4, 0.5) is 11.4 Å². The van der Waals surface area contributed by atoms with E-state index in [2.05, 4.69) is 18.8 Å². The summed E-state index contributed by atoms with van der Waals surface area (Å²) in [6.07, 6.45) is 7.01. The number of nitrogens with two attached hydrogens (primary N) is 2. The number of pyridine rings is 1. The first-order chi connectivity index (χ1) is 8.09. The third-order valence-corrected chi connectivity index (χ3v) is 4.25. The molecule has 0 spiro atoms. The minimum atomic E-state index is 0.422. The van der Waals surface area contributed by atoms with Crippen molar-refractivity contribution >= 4 is 11.4 Å². The van der Waals surface area contributed by atoms with Crippen molar-refractivity contribution in [3.05, 3.63) is 18.0 Å². The van der Waals surface area contributed by atoms with Crippen molar-refractivity contribution in [1.29, 1.82) is 0 Å². The highest BCUT2D eigenvalue weighted by atomic mass is 14.8. The Morgan fingerprint density at radius 2 is 1.88 bits per heavy atom. The van der Waals surface area contributed by atoms with Crippen molar-refractivity contribution in [2.75, 3.05) is 11.5 Å². The van der Waals surface area contributed by atoms with Crippen molar-refractivity contribution in [2.24, 2.45) is 11.8 Å². The molecule has 1 atom stereocenters. The van der Waals surface area contributed by atoms with E-state index < -0.39 is 0 Å². The van der Waals surface area contributed by atoms with E-state index in [1.54, 1.807) is 12.3 Å². The molecule has 1 unspecified atom stereocenters. The molecule has 4 N–H and O–H groups in total. The summed E-state index contributed by atoms with van der Waals surface area (Å²) in [5.41, 5.74) is 14.2. The van der Waals surface area contributed by atoms with E-state index in [0.29, 0.717) is 23.2 Å². The van der Waals surface area contributed by atoms with Gasteiger partial charge in [0, 0.05) is 12.1 Å². The minimum absolute atomic E-state index is 0.422. The highest BCUT2D eigenvalue weighted by Gasteiger charge is 2.26. The monoisotopic (exact) mass is 233 g/mol. The number of rotatable bonds is 2. The molecule has 1 saturated carbocycles. The minimum Gasteiger partial charge on any atom is -0.397 e. The number of nitrogens with zero attached hydrogens (tertiary/aromatic N) is 1. The van der Waals surface area contributed by atoms with Gasteiger partial charge in [0.15, 0.2) is 0 Å². The second-order valence-corrected chi connectivity index (χ2v) is 5.51. The topological polar surface area (TPSA) is 64.9 Å². The first kappa shape index (κ1) is 12.2. The lowest BCUT2D eigenvalue weighted by atomic mass is 9.75. The van der Waals surface area contributed by atoms with Crippen molar-refractivity contribution in [3.63, 3.8) is 0 Å². The molecular weight excluding hydrogens is 210 g/mol. The number of anilines is 2. The highest BCUT2D eigenvalue weighted by Crippen LogP contribution is 2.39. The fourth-order valence-electron chi connectivity index (χ4n) is 2.88. The summed E-state index contributed by atoms with van der Waals surface area (Å²) in [6.45, 7) is 4.58. The van der Waals surface area contributed by atoms with Gasteiger partial charge in [-0.25, -0.2) is 0 Å². The van der Waals surface area contributed by atoms with Crippen LogP contribution in [0.3, 0.4) is 0 Å². The molecule has 1 aliphatic carbocycles. The van der Waals surface area contributed by atoms with E-state index in [4.69, 9.17) is 11.5 Å². The first-order valence-electron chi connectivity index (χ1n) is 6.59. The van der Waals surface area contributed by atoms with Crippen molar-refractivity contribution in [2.45, 2.75) is 45.4 Å². The summed E-state index contributed by atoms with van der Waals surface area (Å²) in [5.74, 6) is 2.01. The number of aromatic nitrogens is 1. The van der Waals surface area contributed by atoms with Crippen LogP contribution in [-0.2, 0) is 0 Å². The number of nitrogen functional groups attached to an aromatic ring is 2. The quantitative estimate of drug-likeness (QED) is 0.824. The van der Waals surface area contributed by atoms with Crippen LogP contribution in [0.15, 0.2) is 12.3 Å². The van der Waals surface area contributed by atoms with Gasteiger partial charge >= 0.3 is 0 Å². The molecule has 0 radical (unpaired) electrons. The zero-order valence-electron chi connectivity index (χ0n) is 10.8. The van der Waals surface area contributed by atoms with E-state index in [-0.39, 0.29) is 0 Å². The van der Waals surface area contributed by atoms with Crippen LogP contribution in [0.1, 0.15) is 51.1 Å². The molecule has 0 aromatic carbocycles. The Bertz CT molecular complexity index is 381. The summed E-state index contributed by atoms with van der Waals surface area (Å²) in [5, 5.41) is 0. The summed E-state index contributed by atoms with van der Waals surface area (Å²) in [4.78, 5) is 4.43. The smallest absolute Gasteiger partial charge is 0.0769 e. The predicted molar refractivity (Wildman–Crippen MR) is 72.6 cm³/mol. The van der Waals surface area contributed by atoms with Gasteiger partial charge in [0.25, 0.3) is 0 Å². The van der Waals surface area contributed by atoms with Crippen LogP contribution >= 0.6 is 0 Å².